The van der Waals surface area contributed by atoms with Gasteiger partial charge >= 0.3 is 0 Å². The summed E-state index contributed by atoms with van der Waals surface area (Å²) in [5.74, 6) is 1.49. The van der Waals surface area contributed by atoms with Crippen molar-refractivity contribution in [2.24, 2.45) is 0 Å². The Morgan fingerprint density at radius 3 is 2.40 bits per heavy atom. The standard InChI is InChI=1S/C10H19/c1-4-5-6-7-8-9-10(2)3/h7-8H,4-6,9H2,1-3H3/b8-7+. The Morgan fingerprint density at radius 2 is 1.90 bits per heavy atom. The van der Waals surface area contributed by atoms with Crippen molar-refractivity contribution in [3.05, 3.63) is 18.1 Å². The van der Waals surface area contributed by atoms with Gasteiger partial charge in [-0.05, 0) is 18.8 Å². The minimum Gasteiger partial charge on any atom is -0.0885 e. The highest BCUT2D eigenvalue weighted by atomic mass is 13.9. The lowest BCUT2D eigenvalue weighted by atomic mass is 10.1. The Labute approximate surface area is 65.3 Å². The molecule has 0 aliphatic carbocycles. The smallest absolute Gasteiger partial charge is 0.0265 e. The molecule has 59 valence electrons. The van der Waals surface area contributed by atoms with E-state index in [1.54, 1.807) is 0 Å². The van der Waals surface area contributed by atoms with Gasteiger partial charge in [-0.25, -0.2) is 0 Å². The van der Waals surface area contributed by atoms with Crippen LogP contribution in [-0.4, -0.2) is 0 Å². The molecule has 0 heteroatoms. The average Bonchev–Trinajstić information content (AvgIpc) is 1.87. The summed E-state index contributed by atoms with van der Waals surface area (Å²) in [6.07, 6.45) is 9.60. The molecule has 0 saturated carbocycles. The zero-order valence-corrected chi connectivity index (χ0v) is 7.48. The predicted molar refractivity (Wildman–Crippen MR) is 47.9 cm³/mol. The fourth-order valence-electron chi connectivity index (χ4n) is 0.759. The molecule has 0 heterocycles. The van der Waals surface area contributed by atoms with Gasteiger partial charge in [0.15, 0.2) is 0 Å². The fraction of sp³-hybridized carbons (Fsp3) is 0.700. The minimum atomic E-state index is 1.16. The third kappa shape index (κ3) is 7.74. The summed E-state index contributed by atoms with van der Waals surface area (Å²) in [7, 11) is 0. The van der Waals surface area contributed by atoms with Crippen molar-refractivity contribution < 1.29 is 0 Å². The van der Waals surface area contributed by atoms with Crippen LogP contribution in [0, 0.1) is 5.92 Å². The zero-order chi connectivity index (χ0) is 7.82. The Bertz CT molecular complexity index is 80.0. The van der Waals surface area contributed by atoms with Gasteiger partial charge in [-0.3, -0.25) is 0 Å². The second kappa shape index (κ2) is 6.85. The predicted octanol–water partition coefficient (Wildman–Crippen LogP) is 3.74. The van der Waals surface area contributed by atoms with E-state index in [-0.39, 0.29) is 0 Å². The molecule has 0 aromatic heterocycles. The molecule has 0 fully saturated rings. The molecule has 0 aromatic carbocycles. The van der Waals surface area contributed by atoms with Gasteiger partial charge in [-0.15, -0.1) is 0 Å². The quantitative estimate of drug-likeness (QED) is 0.402. The molecule has 1 radical (unpaired) electrons. The summed E-state index contributed by atoms with van der Waals surface area (Å²) in [6, 6.07) is 0. The lowest BCUT2D eigenvalue weighted by Gasteiger charge is -1.95. The summed E-state index contributed by atoms with van der Waals surface area (Å²) in [5.41, 5.74) is 0. The van der Waals surface area contributed by atoms with Crippen molar-refractivity contribution in [3.63, 3.8) is 0 Å². The number of rotatable bonds is 5. The van der Waals surface area contributed by atoms with E-state index in [0.717, 1.165) is 6.42 Å². The maximum Gasteiger partial charge on any atom is -0.0265 e. The minimum absolute atomic E-state index is 1.16. The van der Waals surface area contributed by atoms with Gasteiger partial charge < -0.3 is 0 Å². The molecular weight excluding hydrogens is 120 g/mol. The third-order valence-electron chi connectivity index (χ3n) is 1.42. The van der Waals surface area contributed by atoms with Crippen molar-refractivity contribution in [2.45, 2.75) is 46.5 Å². The SMILES string of the molecule is CCCC/C=C/C[C](C)C. The van der Waals surface area contributed by atoms with Crippen LogP contribution in [0.3, 0.4) is 0 Å². The number of hydrogen-bond acceptors (Lipinski definition) is 0. The van der Waals surface area contributed by atoms with Crippen LogP contribution < -0.4 is 0 Å². The molecule has 0 bridgehead atoms. The van der Waals surface area contributed by atoms with Gasteiger partial charge in [0, 0.05) is 0 Å². The van der Waals surface area contributed by atoms with E-state index >= 15 is 0 Å². The molecule has 0 aliphatic rings. The monoisotopic (exact) mass is 139 g/mol. The van der Waals surface area contributed by atoms with E-state index in [4.69, 9.17) is 0 Å². The molecule has 0 N–H and O–H groups in total. The zero-order valence-electron chi connectivity index (χ0n) is 7.48. The highest BCUT2D eigenvalue weighted by molar-refractivity contribution is 4.92. The molecule has 0 rings (SSSR count). The lowest BCUT2D eigenvalue weighted by molar-refractivity contribution is 0.811. The second-order valence-electron chi connectivity index (χ2n) is 3.02. The molecule has 0 aliphatic heterocycles. The average molecular weight is 139 g/mol. The molecule has 0 nitrogen and oxygen atoms in total. The van der Waals surface area contributed by atoms with Gasteiger partial charge in [0.2, 0.25) is 0 Å². The molecule has 0 atom stereocenters. The van der Waals surface area contributed by atoms with Crippen molar-refractivity contribution >= 4 is 0 Å². The van der Waals surface area contributed by atoms with Gasteiger partial charge in [0.05, 0.1) is 0 Å². The van der Waals surface area contributed by atoms with Crippen LogP contribution in [0.1, 0.15) is 46.5 Å². The van der Waals surface area contributed by atoms with Crippen LogP contribution in [0.5, 0.6) is 0 Å². The summed E-state index contributed by atoms with van der Waals surface area (Å²) >= 11 is 0. The van der Waals surface area contributed by atoms with E-state index in [9.17, 15) is 0 Å². The van der Waals surface area contributed by atoms with Gasteiger partial charge in [0.25, 0.3) is 0 Å². The molecular formula is C10H19. The van der Waals surface area contributed by atoms with E-state index in [2.05, 4.69) is 32.9 Å². The van der Waals surface area contributed by atoms with Crippen LogP contribution in [0.4, 0.5) is 0 Å². The topological polar surface area (TPSA) is 0 Å². The van der Waals surface area contributed by atoms with Crippen molar-refractivity contribution in [2.75, 3.05) is 0 Å². The molecule has 0 unspecified atom stereocenters. The van der Waals surface area contributed by atoms with Crippen LogP contribution >= 0.6 is 0 Å². The first-order valence-corrected chi connectivity index (χ1v) is 4.21. The van der Waals surface area contributed by atoms with Crippen LogP contribution in [-0.2, 0) is 0 Å². The summed E-state index contributed by atoms with van der Waals surface area (Å²) < 4.78 is 0. The molecule has 0 spiro atoms. The maximum atomic E-state index is 2.29. The van der Waals surface area contributed by atoms with Crippen LogP contribution in [0.25, 0.3) is 0 Å². The lowest BCUT2D eigenvalue weighted by Crippen LogP contribution is -1.78. The summed E-state index contributed by atoms with van der Waals surface area (Å²) in [6.45, 7) is 6.57. The Kier molecular flexibility index (Phi) is 6.68. The highest BCUT2D eigenvalue weighted by Gasteiger charge is 1.86. The fourth-order valence-corrected chi connectivity index (χ4v) is 0.759. The third-order valence-corrected chi connectivity index (χ3v) is 1.42. The largest absolute Gasteiger partial charge is 0.0885 e. The summed E-state index contributed by atoms with van der Waals surface area (Å²) in [5, 5.41) is 0. The number of unbranched alkanes of at least 4 members (excludes halogenated alkanes) is 2. The first-order chi connectivity index (χ1) is 4.77. The summed E-state index contributed by atoms with van der Waals surface area (Å²) in [4.78, 5) is 0. The van der Waals surface area contributed by atoms with E-state index in [1.807, 2.05) is 0 Å². The van der Waals surface area contributed by atoms with Crippen molar-refractivity contribution in [1.82, 2.24) is 0 Å². The van der Waals surface area contributed by atoms with E-state index in [0.29, 0.717) is 0 Å². The van der Waals surface area contributed by atoms with Gasteiger partial charge in [0.1, 0.15) is 0 Å². The Hall–Kier alpha value is -0.260. The second-order valence-corrected chi connectivity index (χ2v) is 3.02. The molecule has 0 aromatic rings. The number of hydrogen-bond donors (Lipinski definition) is 0. The van der Waals surface area contributed by atoms with E-state index < -0.39 is 0 Å². The van der Waals surface area contributed by atoms with E-state index in [1.165, 1.54) is 25.2 Å². The van der Waals surface area contributed by atoms with Gasteiger partial charge in [-0.1, -0.05) is 45.8 Å². The highest BCUT2D eigenvalue weighted by Crippen LogP contribution is 2.04. The van der Waals surface area contributed by atoms with Crippen LogP contribution in [0.15, 0.2) is 12.2 Å². The first-order valence-electron chi connectivity index (χ1n) is 4.21. The normalized spacial score (nSPS) is 11.6. The maximum absolute atomic E-state index is 2.29. The van der Waals surface area contributed by atoms with Crippen molar-refractivity contribution in [1.29, 1.82) is 0 Å². The Morgan fingerprint density at radius 1 is 1.20 bits per heavy atom. The number of allylic oxidation sites excluding steroid dienone is 2. The molecule has 10 heavy (non-hydrogen) atoms. The van der Waals surface area contributed by atoms with Crippen molar-refractivity contribution in [3.8, 4) is 0 Å². The van der Waals surface area contributed by atoms with Crippen LogP contribution in [0.2, 0.25) is 0 Å². The molecule has 0 saturated heterocycles. The first kappa shape index (κ1) is 9.74. The molecule has 0 amide bonds. The Balaban J connectivity index is 3.04. The van der Waals surface area contributed by atoms with Gasteiger partial charge in [-0.2, -0.15) is 0 Å².